The summed E-state index contributed by atoms with van der Waals surface area (Å²) in [6.07, 6.45) is 1.13. The molecule has 1 aliphatic heterocycles. The van der Waals surface area contributed by atoms with Crippen molar-refractivity contribution in [3.8, 4) is 5.75 Å². The second-order valence-corrected chi connectivity index (χ2v) is 6.41. The molecule has 0 bridgehead atoms. The van der Waals surface area contributed by atoms with Crippen LogP contribution in [0, 0.1) is 0 Å². The number of anilines is 1. The summed E-state index contributed by atoms with van der Waals surface area (Å²) >= 11 is 0. The first-order chi connectivity index (χ1) is 13.1. The summed E-state index contributed by atoms with van der Waals surface area (Å²) in [5.74, 6) is 0.00683. The van der Waals surface area contributed by atoms with Gasteiger partial charge in [-0.3, -0.25) is 4.79 Å². The highest BCUT2D eigenvalue weighted by atomic mass is 16.5. The predicted octanol–water partition coefficient (Wildman–Crippen LogP) is 2.80. The van der Waals surface area contributed by atoms with Crippen LogP contribution in [0.2, 0.25) is 0 Å². The van der Waals surface area contributed by atoms with Gasteiger partial charge >= 0.3 is 5.97 Å². The first kappa shape index (κ1) is 18.8. The fourth-order valence-corrected chi connectivity index (χ4v) is 3.12. The van der Waals surface area contributed by atoms with E-state index in [9.17, 15) is 9.59 Å². The summed E-state index contributed by atoms with van der Waals surface area (Å²) in [5, 5.41) is 0. The summed E-state index contributed by atoms with van der Waals surface area (Å²) in [5.41, 5.74) is 9.20. The number of amides is 1. The maximum absolute atomic E-state index is 12.5. The summed E-state index contributed by atoms with van der Waals surface area (Å²) in [6.45, 7) is 3.60. The van der Waals surface area contributed by atoms with Crippen molar-refractivity contribution < 1.29 is 19.1 Å². The van der Waals surface area contributed by atoms with E-state index >= 15 is 0 Å². The number of nitrogens with zero attached hydrogens (tertiary/aromatic N) is 1. The Kier molecular flexibility index (Phi) is 5.96. The highest BCUT2D eigenvalue weighted by Crippen LogP contribution is 2.24. The minimum atomic E-state index is -0.426. The van der Waals surface area contributed by atoms with E-state index < -0.39 is 5.97 Å². The molecule has 27 heavy (non-hydrogen) atoms. The molecule has 0 radical (unpaired) electrons. The van der Waals surface area contributed by atoms with Gasteiger partial charge in [0, 0.05) is 13.1 Å². The third kappa shape index (κ3) is 4.58. The van der Waals surface area contributed by atoms with Crippen LogP contribution in [0.4, 0.5) is 5.69 Å². The van der Waals surface area contributed by atoms with Crippen molar-refractivity contribution >= 4 is 17.6 Å². The zero-order chi connectivity index (χ0) is 19.2. The average Bonchev–Trinajstić information content (AvgIpc) is 2.69. The molecule has 0 aromatic heterocycles. The van der Waals surface area contributed by atoms with E-state index in [0.717, 1.165) is 13.0 Å². The van der Waals surface area contributed by atoms with Gasteiger partial charge in [-0.05, 0) is 42.7 Å². The molecular formula is C21H24N2O4. The Morgan fingerprint density at radius 3 is 2.70 bits per heavy atom. The quantitative estimate of drug-likeness (QED) is 0.626. The Hall–Kier alpha value is -3.02. The van der Waals surface area contributed by atoms with Gasteiger partial charge in [0.15, 0.2) is 0 Å². The number of nitrogens with two attached hydrogens (primary N) is 1. The van der Waals surface area contributed by atoms with E-state index in [1.807, 2.05) is 17.0 Å². The van der Waals surface area contributed by atoms with Crippen LogP contribution in [0.1, 0.15) is 34.8 Å². The number of fused-ring (bicyclic) bond motifs is 1. The molecule has 1 heterocycles. The van der Waals surface area contributed by atoms with Crippen LogP contribution in [-0.2, 0) is 22.5 Å². The van der Waals surface area contributed by atoms with Gasteiger partial charge in [0.25, 0.3) is 0 Å². The fourth-order valence-electron chi connectivity index (χ4n) is 3.12. The second-order valence-electron chi connectivity index (χ2n) is 6.41. The number of esters is 1. The molecule has 2 N–H and O–H groups in total. The zero-order valence-electron chi connectivity index (χ0n) is 15.4. The molecule has 0 fully saturated rings. The summed E-state index contributed by atoms with van der Waals surface area (Å²) in [6, 6.07) is 12.9. The third-order valence-corrected chi connectivity index (χ3v) is 4.58. The lowest BCUT2D eigenvalue weighted by Gasteiger charge is -2.29. The number of hydrogen-bond acceptors (Lipinski definition) is 5. The molecule has 2 aromatic rings. The number of ether oxygens (including phenoxy) is 2. The molecule has 142 valence electrons. The van der Waals surface area contributed by atoms with Gasteiger partial charge in [-0.25, -0.2) is 4.79 Å². The molecule has 6 heteroatoms. The lowest BCUT2D eigenvalue weighted by Crippen LogP contribution is -2.36. The smallest absolute Gasteiger partial charge is 0.338 e. The zero-order valence-corrected chi connectivity index (χ0v) is 15.4. The summed E-state index contributed by atoms with van der Waals surface area (Å²) in [4.78, 5) is 26.2. The fraction of sp³-hybridized carbons (Fsp3) is 0.333. The standard InChI is InChI=1S/C21H24N2O4/c1-2-26-21(25)16-7-8-18(22)19(13-16)27-12-10-20(24)23-11-9-15-5-3-4-6-17(15)14-23/h3-8,13H,2,9-12,14,22H2,1H3. The molecule has 2 aromatic carbocycles. The lowest BCUT2D eigenvalue weighted by molar-refractivity contribution is -0.132. The van der Waals surface area contributed by atoms with Crippen LogP contribution < -0.4 is 10.5 Å². The van der Waals surface area contributed by atoms with Gasteiger partial charge in [-0.2, -0.15) is 0 Å². The number of rotatable bonds is 6. The number of carbonyl (C=O) groups is 2. The molecule has 0 saturated carbocycles. The van der Waals surface area contributed by atoms with Gasteiger partial charge in [-0.15, -0.1) is 0 Å². The van der Waals surface area contributed by atoms with E-state index in [4.69, 9.17) is 15.2 Å². The molecular weight excluding hydrogens is 344 g/mol. The maximum atomic E-state index is 12.5. The minimum Gasteiger partial charge on any atom is -0.491 e. The maximum Gasteiger partial charge on any atom is 0.338 e. The van der Waals surface area contributed by atoms with E-state index in [2.05, 4.69) is 12.1 Å². The number of benzene rings is 2. The molecule has 0 spiro atoms. The van der Waals surface area contributed by atoms with Crippen molar-refractivity contribution in [1.29, 1.82) is 0 Å². The Bertz CT molecular complexity index is 835. The third-order valence-electron chi connectivity index (χ3n) is 4.58. The van der Waals surface area contributed by atoms with Crippen molar-refractivity contribution in [2.45, 2.75) is 26.3 Å². The molecule has 3 rings (SSSR count). The largest absolute Gasteiger partial charge is 0.491 e. The van der Waals surface area contributed by atoms with Crippen molar-refractivity contribution in [3.05, 3.63) is 59.2 Å². The SMILES string of the molecule is CCOC(=O)c1ccc(N)c(OCCC(=O)N2CCc3ccccc3C2)c1. The Morgan fingerprint density at radius 2 is 1.93 bits per heavy atom. The number of nitrogen functional groups attached to an aromatic ring is 1. The normalized spacial score (nSPS) is 13.0. The van der Waals surface area contributed by atoms with Gasteiger partial charge in [0.2, 0.25) is 5.91 Å². The van der Waals surface area contributed by atoms with Gasteiger partial charge < -0.3 is 20.1 Å². The first-order valence-electron chi connectivity index (χ1n) is 9.12. The topological polar surface area (TPSA) is 81.9 Å². The van der Waals surface area contributed by atoms with Crippen LogP contribution in [0.15, 0.2) is 42.5 Å². The van der Waals surface area contributed by atoms with Crippen LogP contribution in [0.25, 0.3) is 0 Å². The molecule has 6 nitrogen and oxygen atoms in total. The van der Waals surface area contributed by atoms with Gasteiger partial charge in [0.05, 0.1) is 30.9 Å². The van der Waals surface area contributed by atoms with Crippen molar-refractivity contribution in [2.24, 2.45) is 0 Å². The van der Waals surface area contributed by atoms with Crippen molar-refractivity contribution in [1.82, 2.24) is 4.90 Å². The van der Waals surface area contributed by atoms with Crippen LogP contribution in [-0.4, -0.2) is 36.5 Å². The molecule has 1 amide bonds. The number of carbonyl (C=O) groups excluding carboxylic acids is 2. The van der Waals surface area contributed by atoms with Gasteiger partial charge in [0.1, 0.15) is 5.75 Å². The lowest BCUT2D eigenvalue weighted by atomic mass is 10.00. The summed E-state index contributed by atoms with van der Waals surface area (Å²) < 4.78 is 10.6. The van der Waals surface area contributed by atoms with E-state index in [1.165, 1.54) is 11.1 Å². The second kappa shape index (κ2) is 8.58. The van der Waals surface area contributed by atoms with Crippen LogP contribution in [0.3, 0.4) is 0 Å². The molecule has 0 unspecified atom stereocenters. The monoisotopic (exact) mass is 368 g/mol. The minimum absolute atomic E-state index is 0.0459. The van der Waals surface area contributed by atoms with E-state index in [0.29, 0.717) is 30.2 Å². The Labute approximate surface area is 158 Å². The Balaban J connectivity index is 1.55. The Morgan fingerprint density at radius 1 is 1.15 bits per heavy atom. The molecule has 0 saturated heterocycles. The average molecular weight is 368 g/mol. The number of hydrogen-bond donors (Lipinski definition) is 1. The highest BCUT2D eigenvalue weighted by Gasteiger charge is 2.20. The molecule has 0 atom stereocenters. The van der Waals surface area contributed by atoms with Crippen LogP contribution in [0.5, 0.6) is 5.75 Å². The van der Waals surface area contributed by atoms with Crippen LogP contribution >= 0.6 is 0 Å². The van der Waals surface area contributed by atoms with Crippen molar-refractivity contribution in [3.63, 3.8) is 0 Å². The highest BCUT2D eigenvalue weighted by molar-refractivity contribution is 5.90. The molecule has 0 aliphatic carbocycles. The summed E-state index contributed by atoms with van der Waals surface area (Å²) in [7, 11) is 0. The predicted molar refractivity (Wildman–Crippen MR) is 102 cm³/mol. The first-order valence-corrected chi connectivity index (χ1v) is 9.12. The molecule has 1 aliphatic rings. The van der Waals surface area contributed by atoms with E-state index in [1.54, 1.807) is 25.1 Å². The van der Waals surface area contributed by atoms with Gasteiger partial charge in [-0.1, -0.05) is 24.3 Å². The van der Waals surface area contributed by atoms with E-state index in [-0.39, 0.29) is 18.9 Å². The van der Waals surface area contributed by atoms with Crippen molar-refractivity contribution in [2.75, 3.05) is 25.5 Å².